The molecule has 0 aliphatic carbocycles. The van der Waals surface area contributed by atoms with Crippen molar-refractivity contribution in [1.82, 2.24) is 0 Å². The second-order valence-corrected chi connectivity index (χ2v) is 13.1. The SMILES string of the molecule is CC(C)(C)I(OS(=O)(=O)C(F)(F)F)c1ccccc1. The average molecular weight is 410 g/mol. The van der Waals surface area contributed by atoms with Crippen molar-refractivity contribution in [2.75, 3.05) is 0 Å². The Morgan fingerprint density at radius 1 is 1.05 bits per heavy atom. The van der Waals surface area contributed by atoms with Crippen LogP contribution in [0.3, 0.4) is 0 Å². The molecule has 8 heteroatoms. The summed E-state index contributed by atoms with van der Waals surface area (Å²) in [7, 11) is -5.56. The third-order valence-corrected chi connectivity index (χ3v) is 10.0. The molecule has 0 unspecified atom stereocenters. The first kappa shape index (κ1) is 16.7. The van der Waals surface area contributed by atoms with Crippen LogP contribution in [0.2, 0.25) is 0 Å². The fourth-order valence-electron chi connectivity index (χ4n) is 1.11. The number of halogens is 4. The third-order valence-electron chi connectivity index (χ3n) is 1.88. The molecule has 0 spiro atoms. The Hall–Kier alpha value is -0.350. The quantitative estimate of drug-likeness (QED) is 0.431. The Morgan fingerprint density at radius 3 is 1.89 bits per heavy atom. The van der Waals surface area contributed by atoms with Crippen molar-refractivity contribution in [1.29, 1.82) is 0 Å². The van der Waals surface area contributed by atoms with Gasteiger partial charge in [0.2, 0.25) is 0 Å². The van der Waals surface area contributed by atoms with Gasteiger partial charge in [0.1, 0.15) is 0 Å². The van der Waals surface area contributed by atoms with Crippen LogP contribution in [-0.4, -0.2) is 17.3 Å². The van der Waals surface area contributed by atoms with Crippen LogP contribution < -0.4 is 0 Å². The van der Waals surface area contributed by atoms with E-state index in [0.717, 1.165) is 0 Å². The van der Waals surface area contributed by atoms with E-state index in [4.69, 9.17) is 0 Å². The number of benzene rings is 1. The van der Waals surface area contributed by atoms with Gasteiger partial charge in [-0.1, -0.05) is 0 Å². The van der Waals surface area contributed by atoms with Crippen LogP contribution in [0.4, 0.5) is 13.2 Å². The predicted octanol–water partition coefficient (Wildman–Crippen LogP) is 3.94. The van der Waals surface area contributed by atoms with E-state index in [-0.39, 0.29) is 0 Å². The average Bonchev–Trinajstić information content (AvgIpc) is 2.24. The van der Waals surface area contributed by atoms with E-state index >= 15 is 0 Å². The number of hydrogen-bond acceptors (Lipinski definition) is 3. The first-order valence-corrected chi connectivity index (χ1v) is 9.66. The summed E-state index contributed by atoms with van der Waals surface area (Å²) in [6.45, 7) is 5.03. The Bertz CT molecular complexity index is 520. The molecule has 1 aromatic carbocycles. The normalized spacial score (nSPS) is 14.3. The predicted molar refractivity (Wildman–Crippen MR) is 75.0 cm³/mol. The van der Waals surface area contributed by atoms with Gasteiger partial charge in [0, 0.05) is 0 Å². The summed E-state index contributed by atoms with van der Waals surface area (Å²) in [4.78, 5) is 0. The molecule has 3 nitrogen and oxygen atoms in total. The molecule has 1 aromatic rings. The molecule has 0 aliphatic rings. The van der Waals surface area contributed by atoms with E-state index in [1.165, 1.54) is 0 Å². The van der Waals surface area contributed by atoms with Gasteiger partial charge in [0.05, 0.1) is 0 Å². The molecule has 0 heterocycles. The molecular weight excluding hydrogens is 396 g/mol. The van der Waals surface area contributed by atoms with Crippen molar-refractivity contribution >= 4 is 30.4 Å². The topological polar surface area (TPSA) is 43.4 Å². The summed E-state index contributed by atoms with van der Waals surface area (Å²) < 4.78 is 64.0. The van der Waals surface area contributed by atoms with Crippen LogP contribution in [0, 0.1) is 3.57 Å². The summed E-state index contributed by atoms with van der Waals surface area (Å²) >= 11 is -3.02. The zero-order chi connectivity index (χ0) is 14.9. The van der Waals surface area contributed by atoms with Gasteiger partial charge in [-0.15, -0.1) is 0 Å². The van der Waals surface area contributed by atoms with E-state index in [1.807, 2.05) is 0 Å². The van der Waals surface area contributed by atoms with Crippen LogP contribution in [0.1, 0.15) is 20.8 Å². The molecule has 0 saturated carbocycles. The fourth-order valence-corrected chi connectivity index (χ4v) is 8.81. The summed E-state index contributed by atoms with van der Waals surface area (Å²) in [5.74, 6) is 0. The van der Waals surface area contributed by atoms with E-state index in [2.05, 4.69) is 2.51 Å². The first-order valence-electron chi connectivity index (χ1n) is 5.21. The Balaban J connectivity index is 3.17. The minimum absolute atomic E-state index is 0.534. The Labute approximate surface area is 118 Å². The van der Waals surface area contributed by atoms with Gasteiger partial charge >= 0.3 is 118 Å². The van der Waals surface area contributed by atoms with Gasteiger partial charge in [0.25, 0.3) is 0 Å². The summed E-state index contributed by atoms with van der Waals surface area (Å²) in [6, 6.07) is 8.20. The van der Waals surface area contributed by atoms with Gasteiger partial charge in [-0.2, -0.15) is 0 Å². The Kier molecular flexibility index (Phi) is 4.89. The number of alkyl halides is 4. The van der Waals surface area contributed by atoms with Gasteiger partial charge in [-0.05, 0) is 0 Å². The van der Waals surface area contributed by atoms with Gasteiger partial charge in [-0.3, -0.25) is 0 Å². The zero-order valence-corrected chi connectivity index (χ0v) is 13.5. The number of rotatable bonds is 3. The molecule has 0 bridgehead atoms. The van der Waals surface area contributed by atoms with Crippen LogP contribution in [0.25, 0.3) is 0 Å². The maximum absolute atomic E-state index is 12.4. The summed E-state index contributed by atoms with van der Waals surface area (Å²) in [5.41, 5.74) is -5.39. The molecule has 0 atom stereocenters. The molecule has 0 N–H and O–H groups in total. The van der Waals surface area contributed by atoms with Crippen molar-refractivity contribution in [3.05, 3.63) is 33.9 Å². The van der Waals surface area contributed by atoms with Crippen molar-refractivity contribution in [2.45, 2.75) is 29.7 Å². The third kappa shape index (κ3) is 4.32. The molecule has 1 rings (SSSR count). The van der Waals surface area contributed by atoms with Crippen molar-refractivity contribution in [2.24, 2.45) is 0 Å². The van der Waals surface area contributed by atoms with E-state index in [9.17, 15) is 21.6 Å². The van der Waals surface area contributed by atoms with Gasteiger partial charge < -0.3 is 0 Å². The van der Waals surface area contributed by atoms with Crippen LogP contribution in [0.5, 0.6) is 0 Å². The van der Waals surface area contributed by atoms with Crippen molar-refractivity contribution in [3.63, 3.8) is 0 Å². The Morgan fingerprint density at radius 2 is 1.53 bits per heavy atom. The molecule has 0 aromatic heterocycles. The van der Waals surface area contributed by atoms with Gasteiger partial charge in [-0.25, -0.2) is 0 Å². The molecule has 0 radical (unpaired) electrons. The maximum atomic E-state index is 12.4. The van der Waals surface area contributed by atoms with E-state index in [0.29, 0.717) is 3.57 Å². The second kappa shape index (κ2) is 5.57. The molecular formula is C11H14F3IO3S. The zero-order valence-electron chi connectivity index (χ0n) is 10.5. The van der Waals surface area contributed by atoms with Crippen LogP contribution in [-0.2, 0) is 12.6 Å². The molecule has 0 amide bonds. The second-order valence-electron chi connectivity index (χ2n) is 4.57. The fraction of sp³-hybridized carbons (Fsp3) is 0.455. The molecule has 0 aliphatic heterocycles. The van der Waals surface area contributed by atoms with Crippen LogP contribution >= 0.6 is 20.2 Å². The van der Waals surface area contributed by atoms with E-state index in [1.54, 1.807) is 51.1 Å². The first-order chi connectivity index (χ1) is 8.45. The molecule has 0 fully saturated rings. The summed E-state index contributed by atoms with van der Waals surface area (Å²) in [5, 5.41) is 0. The van der Waals surface area contributed by atoms with Crippen LogP contribution in [0.15, 0.2) is 30.3 Å². The molecule has 0 saturated heterocycles. The van der Waals surface area contributed by atoms with Crippen molar-refractivity contribution < 1.29 is 24.1 Å². The monoisotopic (exact) mass is 410 g/mol. The minimum atomic E-state index is -5.56. The number of hydrogen-bond donors (Lipinski definition) is 0. The van der Waals surface area contributed by atoms with Gasteiger partial charge in [0.15, 0.2) is 0 Å². The molecule has 19 heavy (non-hydrogen) atoms. The standard InChI is InChI=1S/C11H14F3IO3S/c1-10(2,3)15(9-7-5-4-6-8-9)18-19(16,17)11(12,13)14/h4-8H,1-3H3. The summed E-state index contributed by atoms with van der Waals surface area (Å²) in [6.07, 6.45) is 0. The van der Waals surface area contributed by atoms with E-state index < -0.39 is 39.3 Å². The van der Waals surface area contributed by atoms with Crippen molar-refractivity contribution in [3.8, 4) is 0 Å². The molecule has 110 valence electrons.